The predicted molar refractivity (Wildman–Crippen MR) is 72.6 cm³/mol. The first kappa shape index (κ1) is 12.8. The summed E-state index contributed by atoms with van der Waals surface area (Å²) >= 11 is 0. The van der Waals surface area contributed by atoms with Crippen molar-refractivity contribution in [1.82, 2.24) is 4.98 Å². The minimum absolute atomic E-state index is 0.275. The van der Waals surface area contributed by atoms with Gasteiger partial charge < -0.3 is 0 Å². The molecule has 96 valence electrons. The van der Waals surface area contributed by atoms with E-state index in [1.165, 1.54) is 0 Å². The second kappa shape index (κ2) is 4.55. The Morgan fingerprint density at radius 2 is 1.94 bits per heavy atom. The van der Waals surface area contributed by atoms with Crippen molar-refractivity contribution in [2.75, 3.05) is 4.72 Å². The molecule has 5 nitrogen and oxygen atoms in total. The van der Waals surface area contributed by atoms with Crippen LogP contribution in [0.25, 0.3) is 10.9 Å². The molecule has 0 unspecified atom stereocenters. The normalized spacial score (nSPS) is 12.0. The van der Waals surface area contributed by atoms with Gasteiger partial charge in [0, 0.05) is 11.1 Å². The lowest BCUT2D eigenvalue weighted by molar-refractivity contribution is 0.603. The molecule has 2 rings (SSSR count). The van der Waals surface area contributed by atoms with E-state index >= 15 is 0 Å². The maximum absolute atomic E-state index is 11.1. The van der Waals surface area contributed by atoms with Crippen molar-refractivity contribution in [1.29, 1.82) is 0 Å². The standard InChI is InChI=1S/C12H15N3O2S/c1-8(2)10-7-6-9-4-3-5-11(12(9)14-10)15-18(13,16)17/h3-8,15H,1-2H3,(H2,13,16,17). The Morgan fingerprint density at radius 1 is 1.22 bits per heavy atom. The molecule has 1 aromatic heterocycles. The lowest BCUT2D eigenvalue weighted by Crippen LogP contribution is -2.22. The highest BCUT2D eigenvalue weighted by molar-refractivity contribution is 7.90. The Bertz CT molecular complexity index is 681. The number of hydrogen-bond donors (Lipinski definition) is 2. The van der Waals surface area contributed by atoms with Crippen molar-refractivity contribution in [3.05, 3.63) is 36.0 Å². The minimum atomic E-state index is -3.79. The Balaban J connectivity index is 2.62. The van der Waals surface area contributed by atoms with Crippen LogP contribution in [-0.4, -0.2) is 13.4 Å². The van der Waals surface area contributed by atoms with Gasteiger partial charge in [-0.05, 0) is 18.1 Å². The third-order valence-electron chi connectivity index (χ3n) is 2.59. The maximum atomic E-state index is 11.1. The average molecular weight is 265 g/mol. The van der Waals surface area contributed by atoms with E-state index in [1.54, 1.807) is 12.1 Å². The van der Waals surface area contributed by atoms with E-state index in [4.69, 9.17) is 5.14 Å². The Kier molecular flexibility index (Phi) is 3.23. The van der Waals surface area contributed by atoms with E-state index in [-0.39, 0.29) is 5.92 Å². The number of anilines is 1. The van der Waals surface area contributed by atoms with Gasteiger partial charge in [-0.25, -0.2) is 5.14 Å². The summed E-state index contributed by atoms with van der Waals surface area (Å²) in [5.41, 5.74) is 1.92. The smallest absolute Gasteiger partial charge is 0.269 e. The van der Waals surface area contributed by atoms with Crippen LogP contribution >= 0.6 is 0 Å². The second-order valence-electron chi connectivity index (χ2n) is 4.42. The number of benzene rings is 1. The monoisotopic (exact) mass is 265 g/mol. The molecule has 0 saturated carbocycles. The van der Waals surface area contributed by atoms with Crippen molar-refractivity contribution >= 4 is 26.8 Å². The summed E-state index contributed by atoms with van der Waals surface area (Å²) in [5, 5.41) is 5.86. The topological polar surface area (TPSA) is 85.1 Å². The van der Waals surface area contributed by atoms with Gasteiger partial charge in [-0.1, -0.05) is 32.0 Å². The summed E-state index contributed by atoms with van der Waals surface area (Å²) in [4.78, 5) is 4.48. The van der Waals surface area contributed by atoms with E-state index in [0.29, 0.717) is 11.2 Å². The van der Waals surface area contributed by atoms with Crippen LogP contribution in [0.5, 0.6) is 0 Å². The van der Waals surface area contributed by atoms with Crippen LogP contribution in [0.1, 0.15) is 25.5 Å². The van der Waals surface area contributed by atoms with Crippen LogP contribution in [0, 0.1) is 0 Å². The van der Waals surface area contributed by atoms with Crippen molar-refractivity contribution in [3.8, 4) is 0 Å². The van der Waals surface area contributed by atoms with Crippen LogP contribution in [0.4, 0.5) is 5.69 Å². The Morgan fingerprint density at radius 3 is 2.56 bits per heavy atom. The number of pyridine rings is 1. The van der Waals surface area contributed by atoms with Crippen LogP contribution in [0.3, 0.4) is 0 Å². The van der Waals surface area contributed by atoms with Gasteiger partial charge in [0.1, 0.15) is 0 Å². The number of rotatable bonds is 3. The third kappa shape index (κ3) is 2.77. The van der Waals surface area contributed by atoms with E-state index in [0.717, 1.165) is 11.1 Å². The molecule has 1 aromatic carbocycles. The SMILES string of the molecule is CC(C)c1ccc2cccc(NS(N)(=O)=O)c2n1. The lowest BCUT2D eigenvalue weighted by Gasteiger charge is -2.10. The highest BCUT2D eigenvalue weighted by Gasteiger charge is 2.09. The number of aromatic nitrogens is 1. The fourth-order valence-corrected chi connectivity index (χ4v) is 2.19. The molecule has 18 heavy (non-hydrogen) atoms. The summed E-state index contributed by atoms with van der Waals surface area (Å²) in [7, 11) is -3.79. The number of nitrogens with zero attached hydrogens (tertiary/aromatic N) is 1. The van der Waals surface area contributed by atoms with Crippen molar-refractivity contribution in [2.45, 2.75) is 19.8 Å². The predicted octanol–water partition coefficient (Wildman–Crippen LogP) is 1.97. The molecule has 0 aliphatic heterocycles. The molecule has 3 N–H and O–H groups in total. The first-order valence-corrected chi connectivity index (χ1v) is 7.11. The molecule has 0 aliphatic carbocycles. The van der Waals surface area contributed by atoms with Crippen molar-refractivity contribution in [3.63, 3.8) is 0 Å². The average Bonchev–Trinajstić information content (AvgIpc) is 2.26. The Hall–Kier alpha value is -1.66. The van der Waals surface area contributed by atoms with E-state index in [1.807, 2.05) is 32.0 Å². The molecule has 0 saturated heterocycles. The first-order valence-electron chi connectivity index (χ1n) is 5.57. The highest BCUT2D eigenvalue weighted by atomic mass is 32.2. The van der Waals surface area contributed by atoms with Crippen LogP contribution in [0.15, 0.2) is 30.3 Å². The molecule has 2 aromatic rings. The van der Waals surface area contributed by atoms with Gasteiger partial charge in [0.05, 0.1) is 11.2 Å². The highest BCUT2D eigenvalue weighted by Crippen LogP contribution is 2.24. The zero-order valence-corrected chi connectivity index (χ0v) is 11.0. The molecule has 1 heterocycles. The summed E-state index contributed by atoms with van der Waals surface area (Å²) in [6.45, 7) is 4.06. The molecule has 0 atom stereocenters. The first-order chi connectivity index (χ1) is 8.37. The fourth-order valence-electron chi connectivity index (χ4n) is 1.72. The van der Waals surface area contributed by atoms with Gasteiger partial charge >= 0.3 is 0 Å². The Labute approximate surface area is 106 Å². The molecule has 0 amide bonds. The zero-order valence-electron chi connectivity index (χ0n) is 10.2. The van der Waals surface area contributed by atoms with Gasteiger partial charge in [-0.3, -0.25) is 9.71 Å². The number of para-hydroxylation sites is 1. The molecule has 0 spiro atoms. The summed E-state index contributed by atoms with van der Waals surface area (Å²) in [5.74, 6) is 0.275. The molecular formula is C12H15N3O2S. The van der Waals surface area contributed by atoms with Crippen LogP contribution < -0.4 is 9.86 Å². The molecule has 6 heteroatoms. The lowest BCUT2D eigenvalue weighted by atomic mass is 10.1. The number of nitrogens with one attached hydrogen (secondary N) is 1. The number of hydrogen-bond acceptors (Lipinski definition) is 3. The van der Waals surface area contributed by atoms with Crippen LogP contribution in [-0.2, 0) is 10.2 Å². The van der Waals surface area contributed by atoms with Gasteiger partial charge in [0.2, 0.25) is 0 Å². The zero-order chi connectivity index (χ0) is 13.3. The quantitative estimate of drug-likeness (QED) is 0.889. The van der Waals surface area contributed by atoms with E-state index in [2.05, 4.69) is 9.71 Å². The van der Waals surface area contributed by atoms with Crippen molar-refractivity contribution in [2.24, 2.45) is 5.14 Å². The van der Waals surface area contributed by atoms with E-state index < -0.39 is 10.2 Å². The molecular weight excluding hydrogens is 250 g/mol. The maximum Gasteiger partial charge on any atom is 0.296 e. The van der Waals surface area contributed by atoms with Crippen LogP contribution in [0.2, 0.25) is 0 Å². The minimum Gasteiger partial charge on any atom is -0.269 e. The molecule has 0 radical (unpaired) electrons. The van der Waals surface area contributed by atoms with E-state index in [9.17, 15) is 8.42 Å². The molecule has 0 aliphatic rings. The summed E-state index contributed by atoms with van der Waals surface area (Å²) in [6, 6.07) is 9.14. The van der Waals surface area contributed by atoms with Crippen molar-refractivity contribution < 1.29 is 8.42 Å². The van der Waals surface area contributed by atoms with Gasteiger partial charge in [0.15, 0.2) is 0 Å². The van der Waals surface area contributed by atoms with Gasteiger partial charge in [-0.2, -0.15) is 8.42 Å². The van der Waals surface area contributed by atoms with Gasteiger partial charge in [0.25, 0.3) is 10.2 Å². The fraction of sp³-hybridized carbons (Fsp3) is 0.250. The molecule has 0 fully saturated rings. The summed E-state index contributed by atoms with van der Waals surface area (Å²) < 4.78 is 24.5. The largest absolute Gasteiger partial charge is 0.296 e. The summed E-state index contributed by atoms with van der Waals surface area (Å²) in [6.07, 6.45) is 0. The second-order valence-corrected chi connectivity index (χ2v) is 5.71. The molecule has 0 bridgehead atoms. The number of fused-ring (bicyclic) bond motifs is 1. The third-order valence-corrected chi connectivity index (χ3v) is 3.09. The number of nitrogens with two attached hydrogens (primary N) is 1. The van der Waals surface area contributed by atoms with Gasteiger partial charge in [-0.15, -0.1) is 0 Å².